The van der Waals surface area contributed by atoms with Crippen LogP contribution in [-0.2, 0) is 14.9 Å². The quantitative estimate of drug-likeness (QED) is 0.594. The summed E-state index contributed by atoms with van der Waals surface area (Å²) >= 11 is 0. The predicted octanol–water partition coefficient (Wildman–Crippen LogP) is 1.87. The molecule has 0 fully saturated rings. The van der Waals surface area contributed by atoms with Crippen LogP contribution in [0, 0.1) is 0 Å². The summed E-state index contributed by atoms with van der Waals surface area (Å²) in [5.41, 5.74) is 1.58. The van der Waals surface area contributed by atoms with E-state index in [1.165, 1.54) is 44.5 Å². The molecule has 3 rings (SSSR count). The summed E-state index contributed by atoms with van der Waals surface area (Å²) in [7, 11) is -1.37. The highest BCUT2D eigenvalue weighted by Gasteiger charge is 2.22. The fraction of sp³-hybridized carbons (Fsp3) is 0.105. The van der Waals surface area contributed by atoms with Crippen LogP contribution in [-0.4, -0.2) is 43.1 Å². The van der Waals surface area contributed by atoms with E-state index in [4.69, 9.17) is 4.84 Å². The Morgan fingerprint density at radius 2 is 1.86 bits per heavy atom. The molecule has 0 unspecified atom stereocenters. The normalized spacial score (nSPS) is 11.4. The Morgan fingerprint density at radius 3 is 2.55 bits per heavy atom. The van der Waals surface area contributed by atoms with Crippen LogP contribution in [0.15, 0.2) is 70.4 Å². The van der Waals surface area contributed by atoms with Crippen molar-refractivity contribution in [2.75, 3.05) is 19.5 Å². The Hall–Kier alpha value is -3.34. The van der Waals surface area contributed by atoms with Crippen LogP contribution in [0.2, 0.25) is 0 Å². The minimum absolute atomic E-state index is 0.0688. The fourth-order valence-corrected chi connectivity index (χ4v) is 3.53. The van der Waals surface area contributed by atoms with Crippen molar-refractivity contribution in [2.45, 2.75) is 4.90 Å². The van der Waals surface area contributed by atoms with Crippen LogP contribution in [0.5, 0.6) is 0 Å². The first-order chi connectivity index (χ1) is 13.8. The Morgan fingerprint density at radius 1 is 1.10 bits per heavy atom. The summed E-state index contributed by atoms with van der Waals surface area (Å²) in [4.78, 5) is 28.4. The van der Waals surface area contributed by atoms with Gasteiger partial charge in [0.1, 0.15) is 0 Å². The third kappa shape index (κ3) is 4.57. The molecule has 0 spiro atoms. The van der Waals surface area contributed by atoms with E-state index in [2.05, 4.69) is 15.5 Å². The third-order valence-corrected chi connectivity index (χ3v) is 5.76. The van der Waals surface area contributed by atoms with Crippen molar-refractivity contribution >= 4 is 21.6 Å². The Labute approximate surface area is 167 Å². The van der Waals surface area contributed by atoms with Gasteiger partial charge in [-0.25, -0.2) is 13.5 Å². The van der Waals surface area contributed by atoms with E-state index in [0.29, 0.717) is 21.4 Å². The van der Waals surface area contributed by atoms with Gasteiger partial charge in [-0.1, -0.05) is 22.7 Å². The molecule has 3 aromatic rings. The number of H-pyrrole nitrogens is 1. The lowest BCUT2D eigenvalue weighted by Crippen LogP contribution is -2.26. The highest BCUT2D eigenvalue weighted by molar-refractivity contribution is 7.89. The molecular formula is C19H18N4O5S. The van der Waals surface area contributed by atoms with Crippen molar-refractivity contribution in [3.05, 3.63) is 76.6 Å². The second kappa shape index (κ2) is 8.35. The van der Waals surface area contributed by atoms with E-state index in [-0.39, 0.29) is 16.0 Å². The fourth-order valence-electron chi connectivity index (χ4n) is 2.51. The lowest BCUT2D eigenvalue weighted by molar-refractivity contribution is -0.0258. The maximum absolute atomic E-state index is 12.6. The SMILES string of the molecule is CON(C)S(=O)(=O)c1cccc(C(=O)Nc2cccc(-c3ccc(=O)[nH]n3)c2)c1. The van der Waals surface area contributed by atoms with Crippen LogP contribution in [0.1, 0.15) is 10.4 Å². The number of benzene rings is 2. The van der Waals surface area contributed by atoms with Gasteiger partial charge in [0.05, 0.1) is 17.7 Å². The van der Waals surface area contributed by atoms with Gasteiger partial charge < -0.3 is 5.32 Å². The van der Waals surface area contributed by atoms with Gasteiger partial charge in [0, 0.05) is 29.9 Å². The molecule has 0 atom stereocenters. The van der Waals surface area contributed by atoms with Gasteiger partial charge in [0.15, 0.2) is 0 Å². The van der Waals surface area contributed by atoms with Gasteiger partial charge in [-0.15, -0.1) is 0 Å². The minimum Gasteiger partial charge on any atom is -0.322 e. The lowest BCUT2D eigenvalue weighted by Gasteiger charge is -2.14. The first-order valence-corrected chi connectivity index (χ1v) is 9.86. The number of amides is 1. The summed E-state index contributed by atoms with van der Waals surface area (Å²) in [5, 5.41) is 9.03. The van der Waals surface area contributed by atoms with Gasteiger partial charge in [-0.05, 0) is 36.4 Å². The van der Waals surface area contributed by atoms with Crippen molar-refractivity contribution in [1.29, 1.82) is 0 Å². The topological polar surface area (TPSA) is 121 Å². The van der Waals surface area contributed by atoms with Crippen molar-refractivity contribution in [3.8, 4) is 11.3 Å². The van der Waals surface area contributed by atoms with Gasteiger partial charge in [0.2, 0.25) is 0 Å². The zero-order chi connectivity index (χ0) is 21.0. The van der Waals surface area contributed by atoms with E-state index in [1.54, 1.807) is 30.3 Å². The number of aromatic amines is 1. The highest BCUT2D eigenvalue weighted by atomic mass is 32.2. The number of nitrogens with one attached hydrogen (secondary N) is 2. The zero-order valence-electron chi connectivity index (χ0n) is 15.6. The molecule has 1 heterocycles. The molecule has 9 nitrogen and oxygen atoms in total. The molecule has 1 aromatic heterocycles. The highest BCUT2D eigenvalue weighted by Crippen LogP contribution is 2.21. The maximum Gasteiger partial charge on any atom is 0.264 e. The number of carbonyl (C=O) groups excluding carboxylic acids is 1. The minimum atomic E-state index is -3.87. The molecule has 0 radical (unpaired) electrons. The Balaban J connectivity index is 1.84. The van der Waals surface area contributed by atoms with Crippen molar-refractivity contribution in [1.82, 2.24) is 14.7 Å². The number of aromatic nitrogens is 2. The second-order valence-electron chi connectivity index (χ2n) is 5.97. The van der Waals surface area contributed by atoms with Crippen LogP contribution in [0.3, 0.4) is 0 Å². The van der Waals surface area contributed by atoms with E-state index in [1.807, 2.05) is 0 Å². The third-order valence-electron chi connectivity index (χ3n) is 4.09. The Kier molecular flexibility index (Phi) is 5.87. The number of hydrogen-bond donors (Lipinski definition) is 2. The number of carbonyl (C=O) groups is 1. The number of hydroxylamine groups is 1. The summed E-state index contributed by atoms with van der Waals surface area (Å²) < 4.78 is 25.4. The van der Waals surface area contributed by atoms with Gasteiger partial charge in [-0.3, -0.25) is 14.4 Å². The number of nitrogens with zero attached hydrogens (tertiary/aromatic N) is 2. The van der Waals surface area contributed by atoms with E-state index >= 15 is 0 Å². The molecule has 2 aromatic carbocycles. The summed E-state index contributed by atoms with van der Waals surface area (Å²) in [6.07, 6.45) is 0. The largest absolute Gasteiger partial charge is 0.322 e. The second-order valence-corrected chi connectivity index (χ2v) is 7.90. The summed E-state index contributed by atoms with van der Waals surface area (Å²) in [5.74, 6) is -0.478. The van der Waals surface area contributed by atoms with E-state index in [0.717, 1.165) is 0 Å². The molecule has 0 aliphatic rings. The molecule has 10 heteroatoms. The molecule has 0 saturated carbocycles. The standard InChI is InChI=1S/C19H18N4O5S/c1-23(28-2)29(26,27)16-8-4-6-14(12-16)19(25)20-15-7-3-5-13(11-15)17-9-10-18(24)22-21-17/h3-12H,1-2H3,(H,20,25)(H,22,24). The Bertz CT molecular complexity index is 1190. The first kappa shape index (κ1) is 20.4. The number of sulfonamides is 1. The molecule has 0 aliphatic carbocycles. The first-order valence-electron chi connectivity index (χ1n) is 8.42. The lowest BCUT2D eigenvalue weighted by atomic mass is 10.1. The number of hydrogen-bond acceptors (Lipinski definition) is 6. The van der Waals surface area contributed by atoms with Crippen molar-refractivity contribution in [2.24, 2.45) is 0 Å². The van der Waals surface area contributed by atoms with Gasteiger partial charge >= 0.3 is 0 Å². The van der Waals surface area contributed by atoms with Crippen LogP contribution in [0.25, 0.3) is 11.3 Å². The molecule has 0 bridgehead atoms. The van der Waals surface area contributed by atoms with Crippen LogP contribution >= 0.6 is 0 Å². The maximum atomic E-state index is 12.6. The average molecular weight is 414 g/mol. The molecule has 2 N–H and O–H groups in total. The van der Waals surface area contributed by atoms with E-state index in [9.17, 15) is 18.0 Å². The number of rotatable bonds is 6. The van der Waals surface area contributed by atoms with Gasteiger partial charge in [-0.2, -0.15) is 5.10 Å². The summed E-state index contributed by atoms with van der Waals surface area (Å²) in [6.45, 7) is 0. The molecule has 0 aliphatic heterocycles. The predicted molar refractivity (Wildman–Crippen MR) is 107 cm³/mol. The van der Waals surface area contributed by atoms with Gasteiger partial charge in [0.25, 0.3) is 21.5 Å². The van der Waals surface area contributed by atoms with Crippen molar-refractivity contribution in [3.63, 3.8) is 0 Å². The van der Waals surface area contributed by atoms with Crippen molar-refractivity contribution < 1.29 is 18.0 Å². The van der Waals surface area contributed by atoms with E-state index < -0.39 is 15.9 Å². The molecular weight excluding hydrogens is 396 g/mol. The van der Waals surface area contributed by atoms with Crippen LogP contribution < -0.4 is 10.9 Å². The number of anilines is 1. The average Bonchev–Trinajstić information content (AvgIpc) is 2.74. The molecule has 1 amide bonds. The zero-order valence-corrected chi connectivity index (χ0v) is 16.4. The molecule has 0 saturated heterocycles. The molecule has 150 valence electrons. The summed E-state index contributed by atoms with van der Waals surface area (Å²) in [6, 6.07) is 15.5. The monoisotopic (exact) mass is 414 g/mol. The smallest absolute Gasteiger partial charge is 0.264 e. The molecule has 29 heavy (non-hydrogen) atoms. The van der Waals surface area contributed by atoms with Crippen LogP contribution in [0.4, 0.5) is 5.69 Å².